The van der Waals surface area contributed by atoms with Gasteiger partial charge in [-0.3, -0.25) is 14.5 Å². The normalized spacial score (nSPS) is 25.6. The van der Waals surface area contributed by atoms with Crippen LogP contribution in [-0.2, 0) is 9.59 Å². The molecule has 2 saturated heterocycles. The van der Waals surface area contributed by atoms with Crippen molar-refractivity contribution in [3.05, 3.63) is 29.8 Å². The van der Waals surface area contributed by atoms with Crippen molar-refractivity contribution in [1.82, 2.24) is 14.7 Å². The Labute approximate surface area is 162 Å². The number of nitrogens with zero attached hydrogens (tertiary/aromatic N) is 3. The Morgan fingerprint density at radius 1 is 1.26 bits per heavy atom. The topological polar surface area (TPSA) is 53.1 Å². The van der Waals surface area contributed by atoms with Gasteiger partial charge in [0.1, 0.15) is 5.75 Å². The number of benzene rings is 1. The molecule has 1 aromatic carbocycles. The van der Waals surface area contributed by atoms with Crippen LogP contribution < -0.4 is 4.74 Å². The molecule has 27 heavy (non-hydrogen) atoms. The van der Waals surface area contributed by atoms with Gasteiger partial charge in [-0.25, -0.2) is 0 Å². The molecular formula is C21H31N3O3. The molecule has 0 spiro atoms. The Bertz CT molecular complexity index is 686. The van der Waals surface area contributed by atoms with Gasteiger partial charge in [0.25, 0.3) is 0 Å². The molecule has 2 fully saturated rings. The molecule has 3 atom stereocenters. The lowest BCUT2D eigenvalue weighted by Gasteiger charge is -2.40. The van der Waals surface area contributed by atoms with Crippen LogP contribution >= 0.6 is 0 Å². The standard InChI is InChI=1S/C21H31N3O3/c1-14(2)11-23-12-16-10-18(21(26)22(3)4)20(24(16)19(25)13-23)15-6-8-17(27-5)9-7-15/h6-9,14,16,18,20H,10-13H2,1-5H3/t16-,18-,20-/m1/s1. The molecule has 0 bridgehead atoms. The quantitative estimate of drug-likeness (QED) is 0.792. The summed E-state index contributed by atoms with van der Waals surface area (Å²) in [6, 6.07) is 7.65. The smallest absolute Gasteiger partial charge is 0.237 e. The molecule has 148 valence electrons. The van der Waals surface area contributed by atoms with Gasteiger partial charge >= 0.3 is 0 Å². The monoisotopic (exact) mass is 373 g/mol. The highest BCUT2D eigenvalue weighted by Gasteiger charge is 2.50. The first-order valence-electron chi connectivity index (χ1n) is 9.70. The minimum Gasteiger partial charge on any atom is -0.497 e. The molecule has 6 heteroatoms. The molecule has 2 amide bonds. The fourth-order valence-corrected chi connectivity index (χ4v) is 4.53. The summed E-state index contributed by atoms with van der Waals surface area (Å²) in [5.41, 5.74) is 1.00. The molecule has 1 aromatic rings. The van der Waals surface area contributed by atoms with Crippen molar-refractivity contribution in [3.63, 3.8) is 0 Å². The van der Waals surface area contributed by atoms with E-state index in [1.165, 1.54) is 0 Å². The second-order valence-corrected chi connectivity index (χ2v) is 8.34. The highest BCUT2D eigenvalue weighted by atomic mass is 16.5. The van der Waals surface area contributed by atoms with Crippen molar-refractivity contribution < 1.29 is 14.3 Å². The molecule has 2 aliphatic rings. The predicted molar refractivity (Wildman–Crippen MR) is 104 cm³/mol. The summed E-state index contributed by atoms with van der Waals surface area (Å²) < 4.78 is 5.26. The molecule has 2 aliphatic heterocycles. The van der Waals surface area contributed by atoms with Gasteiger partial charge in [0.15, 0.2) is 0 Å². The second kappa shape index (κ2) is 7.89. The summed E-state index contributed by atoms with van der Waals surface area (Å²) in [6.45, 7) is 6.53. The number of methoxy groups -OCH3 is 1. The molecule has 0 N–H and O–H groups in total. The van der Waals surface area contributed by atoms with Crippen molar-refractivity contribution >= 4 is 11.8 Å². The Morgan fingerprint density at radius 3 is 2.48 bits per heavy atom. The number of piperazine rings is 1. The van der Waals surface area contributed by atoms with E-state index in [-0.39, 0.29) is 29.8 Å². The molecule has 0 aliphatic carbocycles. The highest BCUT2D eigenvalue weighted by Crippen LogP contribution is 2.44. The second-order valence-electron chi connectivity index (χ2n) is 8.34. The van der Waals surface area contributed by atoms with Gasteiger partial charge in [-0.2, -0.15) is 0 Å². The Balaban J connectivity index is 1.92. The van der Waals surface area contributed by atoms with E-state index in [1.807, 2.05) is 29.2 Å². The third-order valence-electron chi connectivity index (χ3n) is 5.55. The molecule has 2 heterocycles. The molecular weight excluding hydrogens is 342 g/mol. The third kappa shape index (κ3) is 3.95. The summed E-state index contributed by atoms with van der Waals surface area (Å²) in [7, 11) is 5.21. The number of carbonyl (C=O) groups excluding carboxylic acids is 2. The number of hydrogen-bond acceptors (Lipinski definition) is 4. The summed E-state index contributed by atoms with van der Waals surface area (Å²) in [5, 5.41) is 0. The largest absolute Gasteiger partial charge is 0.497 e. The fourth-order valence-electron chi connectivity index (χ4n) is 4.53. The minimum atomic E-state index is -0.207. The van der Waals surface area contributed by atoms with Crippen molar-refractivity contribution in [2.75, 3.05) is 40.8 Å². The first-order chi connectivity index (χ1) is 12.8. The van der Waals surface area contributed by atoms with E-state index in [4.69, 9.17) is 4.74 Å². The van der Waals surface area contributed by atoms with Gasteiger partial charge in [0, 0.05) is 33.2 Å². The maximum atomic E-state index is 13.0. The van der Waals surface area contributed by atoms with Crippen LogP contribution in [0.25, 0.3) is 0 Å². The van der Waals surface area contributed by atoms with Crippen molar-refractivity contribution in [2.24, 2.45) is 11.8 Å². The first kappa shape index (κ1) is 19.7. The zero-order valence-electron chi connectivity index (χ0n) is 17.0. The van der Waals surface area contributed by atoms with E-state index in [2.05, 4.69) is 18.7 Å². The third-order valence-corrected chi connectivity index (χ3v) is 5.55. The van der Waals surface area contributed by atoms with E-state index < -0.39 is 0 Å². The Morgan fingerprint density at radius 2 is 1.93 bits per heavy atom. The van der Waals surface area contributed by atoms with Crippen LogP contribution in [0, 0.1) is 11.8 Å². The number of amides is 2. The molecule has 0 aromatic heterocycles. The molecule has 6 nitrogen and oxygen atoms in total. The summed E-state index contributed by atoms with van der Waals surface area (Å²) in [5.74, 6) is 1.30. The highest BCUT2D eigenvalue weighted by molar-refractivity contribution is 5.85. The van der Waals surface area contributed by atoms with E-state index >= 15 is 0 Å². The van der Waals surface area contributed by atoms with Gasteiger partial charge in [-0.05, 0) is 30.0 Å². The van der Waals surface area contributed by atoms with Gasteiger partial charge < -0.3 is 14.5 Å². The number of fused-ring (bicyclic) bond motifs is 1. The van der Waals surface area contributed by atoms with E-state index in [0.717, 1.165) is 24.4 Å². The molecule has 0 unspecified atom stereocenters. The van der Waals surface area contributed by atoms with E-state index in [0.29, 0.717) is 18.9 Å². The lowest BCUT2D eigenvalue weighted by Crippen LogP contribution is -2.55. The summed E-state index contributed by atoms with van der Waals surface area (Å²) >= 11 is 0. The van der Waals surface area contributed by atoms with Crippen LogP contribution in [0.3, 0.4) is 0 Å². The number of rotatable bonds is 5. The predicted octanol–water partition coefficient (Wildman–Crippen LogP) is 2.01. The van der Waals surface area contributed by atoms with Crippen LogP contribution in [0.15, 0.2) is 24.3 Å². The van der Waals surface area contributed by atoms with Crippen LogP contribution in [0.5, 0.6) is 5.75 Å². The number of ether oxygens (including phenoxy) is 1. The number of carbonyl (C=O) groups is 2. The van der Waals surface area contributed by atoms with E-state index in [1.54, 1.807) is 26.1 Å². The lowest BCUT2D eigenvalue weighted by molar-refractivity contribution is -0.141. The van der Waals surface area contributed by atoms with Crippen molar-refractivity contribution in [1.29, 1.82) is 0 Å². The Kier molecular flexibility index (Phi) is 5.75. The summed E-state index contributed by atoms with van der Waals surface area (Å²) in [6.07, 6.45) is 0.716. The average Bonchev–Trinajstić information content (AvgIpc) is 3.00. The van der Waals surface area contributed by atoms with E-state index in [9.17, 15) is 9.59 Å². The van der Waals surface area contributed by atoms with Crippen LogP contribution in [0.1, 0.15) is 31.9 Å². The first-order valence-corrected chi connectivity index (χ1v) is 9.70. The SMILES string of the molecule is COc1ccc([C@@H]2[C@H](C(=O)N(C)C)C[C@@H]3CN(CC(C)C)CC(=O)N32)cc1. The van der Waals surface area contributed by atoms with Crippen molar-refractivity contribution in [2.45, 2.75) is 32.4 Å². The molecule has 3 rings (SSSR count). The fraction of sp³-hybridized carbons (Fsp3) is 0.619. The van der Waals surface area contributed by atoms with Crippen LogP contribution in [-0.4, -0.2) is 73.4 Å². The van der Waals surface area contributed by atoms with Gasteiger partial charge in [-0.1, -0.05) is 26.0 Å². The van der Waals surface area contributed by atoms with Crippen molar-refractivity contribution in [3.8, 4) is 5.75 Å². The van der Waals surface area contributed by atoms with Gasteiger partial charge in [-0.15, -0.1) is 0 Å². The maximum absolute atomic E-state index is 13.0. The zero-order chi connectivity index (χ0) is 19.7. The lowest BCUT2D eigenvalue weighted by atomic mass is 9.92. The molecule has 0 saturated carbocycles. The van der Waals surface area contributed by atoms with Crippen LogP contribution in [0.4, 0.5) is 0 Å². The molecule has 0 radical (unpaired) electrons. The Hall–Kier alpha value is -2.08. The minimum absolute atomic E-state index is 0.0889. The average molecular weight is 373 g/mol. The van der Waals surface area contributed by atoms with Crippen LogP contribution in [0.2, 0.25) is 0 Å². The maximum Gasteiger partial charge on any atom is 0.237 e. The van der Waals surface area contributed by atoms with Gasteiger partial charge in [0.05, 0.1) is 25.6 Å². The number of hydrogen-bond donors (Lipinski definition) is 0. The summed E-state index contributed by atoms with van der Waals surface area (Å²) in [4.78, 5) is 31.8. The zero-order valence-corrected chi connectivity index (χ0v) is 17.0. The van der Waals surface area contributed by atoms with Gasteiger partial charge in [0.2, 0.25) is 11.8 Å².